The summed E-state index contributed by atoms with van der Waals surface area (Å²) in [5.74, 6) is 0.655. The van der Waals surface area contributed by atoms with Gasteiger partial charge in [-0.15, -0.1) is 0 Å². The fraction of sp³-hybridized carbons (Fsp3) is 0.381. The standard InChI is InChI=1S/C21H25FN2O2/c1-14(15-5-6-15)24(17-8-10-18(26-4)11-9-17)21(25)16-7-12-20(23(2)3)19(22)13-16/h7-15H,5-6H2,1-4H3. The molecule has 1 aliphatic carbocycles. The van der Waals surface area contributed by atoms with Gasteiger partial charge >= 0.3 is 0 Å². The van der Waals surface area contributed by atoms with Crippen molar-refractivity contribution in [1.82, 2.24) is 0 Å². The maximum Gasteiger partial charge on any atom is 0.258 e. The molecule has 1 amide bonds. The van der Waals surface area contributed by atoms with E-state index in [2.05, 4.69) is 6.92 Å². The molecule has 0 radical (unpaired) electrons. The van der Waals surface area contributed by atoms with Crippen LogP contribution in [0.15, 0.2) is 42.5 Å². The zero-order valence-electron chi connectivity index (χ0n) is 15.7. The van der Waals surface area contributed by atoms with Crippen LogP contribution in [0, 0.1) is 11.7 Å². The number of anilines is 2. The Morgan fingerprint density at radius 2 is 1.81 bits per heavy atom. The van der Waals surface area contributed by atoms with Crippen LogP contribution in [0.1, 0.15) is 30.1 Å². The molecule has 0 heterocycles. The third-order valence-electron chi connectivity index (χ3n) is 4.96. The molecular weight excluding hydrogens is 331 g/mol. The monoisotopic (exact) mass is 356 g/mol. The van der Waals surface area contributed by atoms with Crippen LogP contribution in [0.3, 0.4) is 0 Å². The third-order valence-corrected chi connectivity index (χ3v) is 4.96. The molecule has 0 spiro atoms. The van der Waals surface area contributed by atoms with Crippen molar-refractivity contribution in [2.45, 2.75) is 25.8 Å². The van der Waals surface area contributed by atoms with Crippen LogP contribution in [0.2, 0.25) is 0 Å². The summed E-state index contributed by atoms with van der Waals surface area (Å²) in [6.45, 7) is 2.06. The van der Waals surface area contributed by atoms with Crippen molar-refractivity contribution in [2.24, 2.45) is 5.92 Å². The van der Waals surface area contributed by atoms with E-state index in [1.165, 1.54) is 6.07 Å². The van der Waals surface area contributed by atoms with Crippen molar-refractivity contribution in [1.29, 1.82) is 0 Å². The lowest BCUT2D eigenvalue weighted by molar-refractivity contribution is 0.0975. The van der Waals surface area contributed by atoms with Crippen molar-refractivity contribution in [3.63, 3.8) is 0 Å². The lowest BCUT2D eigenvalue weighted by Gasteiger charge is -2.30. The number of benzene rings is 2. The molecule has 2 aromatic carbocycles. The van der Waals surface area contributed by atoms with E-state index < -0.39 is 5.82 Å². The summed E-state index contributed by atoms with van der Waals surface area (Å²) in [4.78, 5) is 16.7. The normalized spacial score (nSPS) is 14.7. The number of amides is 1. The van der Waals surface area contributed by atoms with E-state index in [0.29, 0.717) is 17.2 Å². The van der Waals surface area contributed by atoms with Gasteiger partial charge in [-0.25, -0.2) is 4.39 Å². The van der Waals surface area contributed by atoms with Crippen molar-refractivity contribution in [2.75, 3.05) is 31.0 Å². The Bertz CT molecular complexity index is 785. The first kappa shape index (κ1) is 18.2. The number of hydrogen-bond donors (Lipinski definition) is 0. The smallest absolute Gasteiger partial charge is 0.258 e. The number of halogens is 1. The second kappa shape index (κ2) is 7.36. The number of carbonyl (C=O) groups is 1. The van der Waals surface area contributed by atoms with E-state index in [9.17, 15) is 9.18 Å². The average molecular weight is 356 g/mol. The molecular formula is C21H25FN2O2. The van der Waals surface area contributed by atoms with Crippen LogP contribution in [0.5, 0.6) is 5.75 Å². The highest BCUT2D eigenvalue weighted by atomic mass is 19.1. The van der Waals surface area contributed by atoms with Crippen molar-refractivity contribution in [3.05, 3.63) is 53.8 Å². The van der Waals surface area contributed by atoms with Crippen LogP contribution in [-0.2, 0) is 0 Å². The minimum atomic E-state index is -0.394. The summed E-state index contributed by atoms with van der Waals surface area (Å²) in [6, 6.07) is 12.2. The fourth-order valence-corrected chi connectivity index (χ4v) is 3.21. The number of nitrogens with zero attached hydrogens (tertiary/aromatic N) is 2. The minimum absolute atomic E-state index is 0.0625. The lowest BCUT2D eigenvalue weighted by Crippen LogP contribution is -2.40. The molecule has 0 N–H and O–H groups in total. The first-order valence-electron chi connectivity index (χ1n) is 8.87. The summed E-state index contributed by atoms with van der Waals surface area (Å²) < 4.78 is 19.6. The van der Waals surface area contributed by atoms with Crippen molar-refractivity contribution >= 4 is 17.3 Å². The Balaban J connectivity index is 1.95. The van der Waals surface area contributed by atoms with Crippen LogP contribution in [-0.4, -0.2) is 33.2 Å². The Hall–Kier alpha value is -2.56. The Kier molecular flexibility index (Phi) is 5.16. The predicted molar refractivity (Wildman–Crippen MR) is 103 cm³/mol. The summed E-state index contributed by atoms with van der Waals surface area (Å²) >= 11 is 0. The molecule has 0 aromatic heterocycles. The quantitative estimate of drug-likeness (QED) is 0.772. The summed E-state index contributed by atoms with van der Waals surface area (Å²) in [5.41, 5.74) is 1.62. The third kappa shape index (κ3) is 3.66. The fourth-order valence-electron chi connectivity index (χ4n) is 3.21. The van der Waals surface area contributed by atoms with Gasteiger partial charge in [0.1, 0.15) is 11.6 Å². The van der Waals surface area contributed by atoms with Gasteiger partial charge in [0.05, 0.1) is 12.8 Å². The number of hydrogen-bond acceptors (Lipinski definition) is 3. The highest BCUT2D eigenvalue weighted by Crippen LogP contribution is 2.38. The molecule has 26 heavy (non-hydrogen) atoms. The van der Waals surface area contributed by atoms with Crippen LogP contribution in [0.4, 0.5) is 15.8 Å². The minimum Gasteiger partial charge on any atom is -0.497 e. The molecule has 0 bridgehead atoms. The predicted octanol–water partition coefficient (Wildman–Crippen LogP) is 4.35. The molecule has 138 valence electrons. The number of methoxy groups -OCH3 is 1. The average Bonchev–Trinajstić information content (AvgIpc) is 3.47. The van der Waals surface area contributed by atoms with Gasteiger partial charge in [-0.3, -0.25) is 4.79 Å². The maximum atomic E-state index is 14.4. The van der Waals surface area contributed by atoms with Gasteiger partial charge in [0.2, 0.25) is 0 Å². The largest absolute Gasteiger partial charge is 0.497 e. The highest BCUT2D eigenvalue weighted by molar-refractivity contribution is 6.06. The van der Waals surface area contributed by atoms with Gasteiger partial charge in [-0.05, 0) is 68.1 Å². The van der Waals surface area contributed by atoms with Crippen LogP contribution < -0.4 is 14.5 Å². The van der Waals surface area contributed by atoms with E-state index in [4.69, 9.17) is 4.74 Å². The zero-order chi connectivity index (χ0) is 18.8. The van der Waals surface area contributed by atoms with Gasteiger partial charge < -0.3 is 14.5 Å². The molecule has 1 aliphatic rings. The highest BCUT2D eigenvalue weighted by Gasteiger charge is 2.35. The SMILES string of the molecule is COc1ccc(N(C(=O)c2ccc(N(C)C)c(F)c2)C(C)C2CC2)cc1. The Morgan fingerprint density at radius 3 is 2.31 bits per heavy atom. The summed E-state index contributed by atoms with van der Waals surface area (Å²) in [5, 5.41) is 0. The lowest BCUT2D eigenvalue weighted by atomic mass is 10.1. The molecule has 5 heteroatoms. The summed E-state index contributed by atoms with van der Waals surface area (Å²) in [7, 11) is 5.16. The molecule has 0 aliphatic heterocycles. The molecule has 1 fully saturated rings. The van der Waals surface area contributed by atoms with E-state index in [1.807, 2.05) is 24.3 Å². The van der Waals surface area contributed by atoms with E-state index in [0.717, 1.165) is 24.3 Å². The van der Waals surface area contributed by atoms with Gasteiger partial charge in [0.25, 0.3) is 5.91 Å². The summed E-state index contributed by atoms with van der Waals surface area (Å²) in [6.07, 6.45) is 2.24. The Labute approximate surface area is 154 Å². The molecule has 1 atom stereocenters. The zero-order valence-corrected chi connectivity index (χ0v) is 15.7. The maximum absolute atomic E-state index is 14.4. The number of carbonyl (C=O) groups excluding carboxylic acids is 1. The van der Waals surface area contributed by atoms with Gasteiger partial charge in [-0.1, -0.05) is 0 Å². The molecule has 3 rings (SSSR count). The Morgan fingerprint density at radius 1 is 1.15 bits per heavy atom. The van der Waals surface area contributed by atoms with Crippen LogP contribution >= 0.6 is 0 Å². The van der Waals surface area contributed by atoms with Crippen LogP contribution in [0.25, 0.3) is 0 Å². The molecule has 1 saturated carbocycles. The van der Waals surface area contributed by atoms with E-state index in [1.54, 1.807) is 43.1 Å². The first-order chi connectivity index (χ1) is 12.4. The molecule has 2 aromatic rings. The van der Waals surface area contributed by atoms with Gasteiger partial charge in [-0.2, -0.15) is 0 Å². The van der Waals surface area contributed by atoms with E-state index in [-0.39, 0.29) is 11.9 Å². The van der Waals surface area contributed by atoms with Crippen molar-refractivity contribution in [3.8, 4) is 5.75 Å². The molecule has 0 saturated heterocycles. The second-order valence-corrected chi connectivity index (χ2v) is 7.01. The molecule has 4 nitrogen and oxygen atoms in total. The first-order valence-corrected chi connectivity index (χ1v) is 8.87. The topological polar surface area (TPSA) is 32.8 Å². The van der Waals surface area contributed by atoms with Gasteiger partial charge in [0.15, 0.2) is 0 Å². The van der Waals surface area contributed by atoms with Crippen molar-refractivity contribution < 1.29 is 13.9 Å². The number of ether oxygens (including phenoxy) is 1. The second-order valence-electron chi connectivity index (χ2n) is 7.01. The number of rotatable bonds is 6. The van der Waals surface area contributed by atoms with E-state index >= 15 is 0 Å². The van der Waals surface area contributed by atoms with Gasteiger partial charge in [0, 0.05) is 31.4 Å². The molecule has 1 unspecified atom stereocenters.